The Hall–Kier alpha value is -0.440. The van der Waals surface area contributed by atoms with Gasteiger partial charge in [-0.1, -0.05) is 23.7 Å². The van der Waals surface area contributed by atoms with E-state index in [1.807, 2.05) is 24.3 Å². The van der Waals surface area contributed by atoms with Crippen molar-refractivity contribution < 1.29 is 4.74 Å². The van der Waals surface area contributed by atoms with Gasteiger partial charge in [0.25, 0.3) is 0 Å². The van der Waals surface area contributed by atoms with E-state index in [0.717, 1.165) is 25.1 Å². The second-order valence-corrected chi connectivity index (χ2v) is 4.46. The van der Waals surface area contributed by atoms with Crippen LogP contribution in [0.4, 0.5) is 0 Å². The third-order valence-corrected chi connectivity index (χ3v) is 3.02. The summed E-state index contributed by atoms with van der Waals surface area (Å²) in [6.07, 6.45) is 2.39. The Bertz CT molecular complexity index is 333. The minimum Gasteiger partial charge on any atom is -0.489 e. The van der Waals surface area contributed by atoms with Gasteiger partial charge in [-0.25, -0.2) is 0 Å². The van der Waals surface area contributed by atoms with Crippen molar-refractivity contribution in [2.45, 2.75) is 31.9 Å². The molecule has 1 heterocycles. The molecule has 0 amide bonds. The second-order valence-electron chi connectivity index (χ2n) is 4.05. The monoisotopic (exact) mass is 261 g/mol. The van der Waals surface area contributed by atoms with Crippen molar-refractivity contribution >= 4 is 24.0 Å². The summed E-state index contributed by atoms with van der Waals surface area (Å²) >= 11 is 6.04. The van der Waals surface area contributed by atoms with Gasteiger partial charge < -0.3 is 10.1 Å². The molecule has 16 heavy (non-hydrogen) atoms. The second kappa shape index (κ2) is 6.33. The van der Waals surface area contributed by atoms with E-state index in [1.54, 1.807) is 0 Å². The zero-order valence-electron chi connectivity index (χ0n) is 9.28. The lowest BCUT2D eigenvalue weighted by atomic mass is 10.0. The molecule has 0 radical (unpaired) electrons. The normalized spacial score (nSPS) is 24.6. The largest absolute Gasteiger partial charge is 0.489 e. The van der Waals surface area contributed by atoms with Gasteiger partial charge in [0.2, 0.25) is 0 Å². The lowest BCUT2D eigenvalue weighted by molar-refractivity contribution is 0.144. The van der Waals surface area contributed by atoms with Crippen molar-refractivity contribution in [1.82, 2.24) is 5.32 Å². The van der Waals surface area contributed by atoms with Crippen LogP contribution in [-0.4, -0.2) is 18.7 Å². The molecule has 1 N–H and O–H groups in total. The van der Waals surface area contributed by atoms with Crippen LogP contribution in [0.5, 0.6) is 5.75 Å². The molecule has 1 fully saturated rings. The summed E-state index contributed by atoms with van der Waals surface area (Å²) in [5.41, 5.74) is 0. The van der Waals surface area contributed by atoms with Gasteiger partial charge in [-0.15, -0.1) is 12.4 Å². The first-order chi connectivity index (χ1) is 7.25. The van der Waals surface area contributed by atoms with Gasteiger partial charge in [0.1, 0.15) is 11.9 Å². The third kappa shape index (κ3) is 3.55. The molecule has 4 heteroatoms. The molecule has 2 atom stereocenters. The van der Waals surface area contributed by atoms with Gasteiger partial charge in [-0.3, -0.25) is 0 Å². The van der Waals surface area contributed by atoms with Crippen LogP contribution in [0, 0.1) is 0 Å². The Morgan fingerprint density at radius 1 is 1.38 bits per heavy atom. The molecular weight excluding hydrogens is 245 g/mol. The molecule has 0 unspecified atom stereocenters. The van der Waals surface area contributed by atoms with Crippen LogP contribution >= 0.6 is 24.0 Å². The van der Waals surface area contributed by atoms with Gasteiger partial charge in [0, 0.05) is 6.04 Å². The number of para-hydroxylation sites is 1. The number of piperidine rings is 1. The average molecular weight is 262 g/mol. The molecule has 1 aromatic rings. The highest BCUT2D eigenvalue weighted by Crippen LogP contribution is 2.26. The molecule has 0 spiro atoms. The van der Waals surface area contributed by atoms with E-state index in [-0.39, 0.29) is 12.4 Å². The van der Waals surface area contributed by atoms with Crippen molar-refractivity contribution in [3.05, 3.63) is 29.3 Å². The van der Waals surface area contributed by atoms with Crippen LogP contribution < -0.4 is 10.1 Å². The van der Waals surface area contributed by atoms with Gasteiger partial charge in [0.05, 0.1) is 5.02 Å². The van der Waals surface area contributed by atoms with Crippen LogP contribution in [0.1, 0.15) is 19.8 Å². The minimum absolute atomic E-state index is 0. The molecule has 2 rings (SSSR count). The maximum Gasteiger partial charge on any atom is 0.138 e. The Balaban J connectivity index is 0.00000128. The summed E-state index contributed by atoms with van der Waals surface area (Å²) < 4.78 is 5.88. The van der Waals surface area contributed by atoms with Crippen molar-refractivity contribution in [1.29, 1.82) is 0 Å². The molecule has 1 saturated heterocycles. The standard InChI is InChI=1S/C12H16ClNO.ClH/c1-9-8-10(6-7-14-9)15-12-5-3-2-4-11(12)13;/h2-5,9-10,14H,6-8H2,1H3;1H/t9-,10-;/m1./s1. The summed E-state index contributed by atoms with van der Waals surface area (Å²) in [7, 11) is 0. The van der Waals surface area contributed by atoms with Crippen molar-refractivity contribution in [3.63, 3.8) is 0 Å². The van der Waals surface area contributed by atoms with E-state index in [4.69, 9.17) is 16.3 Å². The first-order valence-corrected chi connectivity index (χ1v) is 5.78. The molecule has 0 bridgehead atoms. The molecule has 2 nitrogen and oxygen atoms in total. The smallest absolute Gasteiger partial charge is 0.138 e. The molecule has 0 aromatic heterocycles. The van der Waals surface area contributed by atoms with Gasteiger partial charge in [-0.05, 0) is 38.4 Å². The highest BCUT2D eigenvalue weighted by Gasteiger charge is 2.20. The molecular formula is C12H17Cl2NO. The number of ether oxygens (including phenoxy) is 1. The van der Waals surface area contributed by atoms with E-state index >= 15 is 0 Å². The molecule has 0 aliphatic carbocycles. The first-order valence-electron chi connectivity index (χ1n) is 5.40. The summed E-state index contributed by atoms with van der Waals surface area (Å²) in [4.78, 5) is 0. The number of benzene rings is 1. The molecule has 0 saturated carbocycles. The van der Waals surface area contributed by atoms with E-state index in [9.17, 15) is 0 Å². The highest BCUT2D eigenvalue weighted by molar-refractivity contribution is 6.32. The first kappa shape index (κ1) is 13.6. The van der Waals surface area contributed by atoms with Crippen molar-refractivity contribution in [2.24, 2.45) is 0 Å². The summed E-state index contributed by atoms with van der Waals surface area (Å²) in [6, 6.07) is 8.19. The van der Waals surface area contributed by atoms with E-state index in [1.165, 1.54) is 0 Å². The zero-order chi connectivity index (χ0) is 10.7. The number of hydrogen-bond donors (Lipinski definition) is 1. The van der Waals surface area contributed by atoms with E-state index in [2.05, 4.69) is 12.2 Å². The van der Waals surface area contributed by atoms with Gasteiger partial charge >= 0.3 is 0 Å². The zero-order valence-corrected chi connectivity index (χ0v) is 10.9. The molecule has 1 aliphatic rings. The fourth-order valence-electron chi connectivity index (χ4n) is 1.91. The quantitative estimate of drug-likeness (QED) is 0.883. The molecule has 1 aromatic carbocycles. The third-order valence-electron chi connectivity index (χ3n) is 2.71. The van der Waals surface area contributed by atoms with Crippen molar-refractivity contribution in [2.75, 3.05) is 6.54 Å². The Morgan fingerprint density at radius 2 is 2.12 bits per heavy atom. The fourth-order valence-corrected chi connectivity index (χ4v) is 2.09. The van der Waals surface area contributed by atoms with E-state index in [0.29, 0.717) is 17.2 Å². The molecule has 90 valence electrons. The Morgan fingerprint density at radius 3 is 2.81 bits per heavy atom. The lowest BCUT2D eigenvalue weighted by Crippen LogP contribution is -2.40. The van der Waals surface area contributed by atoms with Crippen LogP contribution in [0.2, 0.25) is 5.02 Å². The number of halogens is 2. The van der Waals surface area contributed by atoms with Gasteiger partial charge in [0.15, 0.2) is 0 Å². The number of nitrogens with one attached hydrogen (secondary N) is 1. The Labute approximate surface area is 108 Å². The van der Waals surface area contributed by atoms with Crippen LogP contribution in [0.25, 0.3) is 0 Å². The predicted molar refractivity (Wildman–Crippen MR) is 69.8 cm³/mol. The molecule has 1 aliphatic heterocycles. The van der Waals surface area contributed by atoms with Gasteiger partial charge in [-0.2, -0.15) is 0 Å². The fraction of sp³-hybridized carbons (Fsp3) is 0.500. The summed E-state index contributed by atoms with van der Waals surface area (Å²) in [5, 5.41) is 4.10. The van der Waals surface area contributed by atoms with Crippen LogP contribution in [0.3, 0.4) is 0 Å². The lowest BCUT2D eigenvalue weighted by Gasteiger charge is -2.28. The number of rotatable bonds is 2. The number of hydrogen-bond acceptors (Lipinski definition) is 2. The topological polar surface area (TPSA) is 21.3 Å². The summed E-state index contributed by atoms with van der Waals surface area (Å²) in [6.45, 7) is 3.21. The average Bonchev–Trinajstić information content (AvgIpc) is 2.22. The van der Waals surface area contributed by atoms with E-state index < -0.39 is 0 Å². The Kier molecular flexibility index (Phi) is 5.39. The SMILES string of the molecule is C[C@@H]1C[C@H](Oc2ccccc2Cl)CCN1.Cl. The van der Waals surface area contributed by atoms with Crippen LogP contribution in [-0.2, 0) is 0 Å². The summed E-state index contributed by atoms with van der Waals surface area (Å²) in [5.74, 6) is 0.804. The minimum atomic E-state index is 0. The van der Waals surface area contributed by atoms with Crippen molar-refractivity contribution in [3.8, 4) is 5.75 Å². The maximum absolute atomic E-state index is 6.04. The maximum atomic E-state index is 6.04. The highest BCUT2D eigenvalue weighted by atomic mass is 35.5. The van der Waals surface area contributed by atoms with Crippen LogP contribution in [0.15, 0.2) is 24.3 Å². The predicted octanol–water partition coefficient (Wildman–Crippen LogP) is 3.28.